The summed E-state index contributed by atoms with van der Waals surface area (Å²) in [4.78, 5) is 15.2. The Hall–Kier alpha value is -1.27. The minimum Gasteiger partial charge on any atom is -0.293 e. The molecule has 0 radical (unpaired) electrons. The molecule has 0 saturated heterocycles. The highest BCUT2D eigenvalue weighted by Crippen LogP contribution is 2.11. The number of carbonyl (C=O) groups excluding carboxylic acids is 1. The number of Topliss-reactive ketones (excluding diaryl/α,β-unsaturated/α-hetero) is 1. The molecule has 2 N–H and O–H groups in total. The molecule has 0 fully saturated rings. The van der Waals surface area contributed by atoms with Gasteiger partial charge in [-0.05, 0) is 18.1 Å². The number of nitrogens with two attached hydrogens (primary N) is 1. The van der Waals surface area contributed by atoms with E-state index in [1.165, 1.54) is 13.0 Å². The van der Waals surface area contributed by atoms with Gasteiger partial charge >= 0.3 is 0 Å². The standard InChI is InChI=1S/C10H14N2O3S/c1-3-9-8(6-16(11,14)15)4-5-10(12-9)7(2)13/h4-5H,3,6H2,1-2H3,(H2,11,14,15). The van der Waals surface area contributed by atoms with E-state index in [0.29, 0.717) is 23.4 Å². The summed E-state index contributed by atoms with van der Waals surface area (Å²) in [6.45, 7) is 3.26. The molecule has 0 spiro atoms. The van der Waals surface area contributed by atoms with Crippen LogP contribution in [0.15, 0.2) is 12.1 Å². The molecular weight excluding hydrogens is 228 g/mol. The molecule has 6 heteroatoms. The third-order valence-electron chi connectivity index (χ3n) is 2.12. The molecule has 88 valence electrons. The molecule has 0 aromatic carbocycles. The summed E-state index contributed by atoms with van der Waals surface area (Å²) in [6.07, 6.45) is 0.561. The summed E-state index contributed by atoms with van der Waals surface area (Å²) in [7, 11) is -3.57. The molecule has 16 heavy (non-hydrogen) atoms. The van der Waals surface area contributed by atoms with E-state index < -0.39 is 10.0 Å². The van der Waals surface area contributed by atoms with Crippen LogP contribution in [0.3, 0.4) is 0 Å². The van der Waals surface area contributed by atoms with Crippen LogP contribution in [0.1, 0.15) is 35.6 Å². The monoisotopic (exact) mass is 242 g/mol. The van der Waals surface area contributed by atoms with Crippen LogP contribution in [-0.4, -0.2) is 19.2 Å². The molecule has 0 aliphatic rings. The SMILES string of the molecule is CCc1nc(C(C)=O)ccc1CS(N)(=O)=O. The van der Waals surface area contributed by atoms with Gasteiger partial charge in [0.25, 0.3) is 0 Å². The average molecular weight is 242 g/mol. The number of aryl methyl sites for hydroxylation is 1. The number of sulfonamides is 1. The van der Waals surface area contributed by atoms with E-state index in [9.17, 15) is 13.2 Å². The van der Waals surface area contributed by atoms with Crippen LogP contribution in [0.2, 0.25) is 0 Å². The molecule has 0 aliphatic carbocycles. The van der Waals surface area contributed by atoms with Crippen molar-refractivity contribution < 1.29 is 13.2 Å². The fraction of sp³-hybridized carbons (Fsp3) is 0.400. The van der Waals surface area contributed by atoms with Gasteiger partial charge in [-0.1, -0.05) is 13.0 Å². The summed E-state index contributed by atoms with van der Waals surface area (Å²) in [6, 6.07) is 3.11. The Bertz CT molecular complexity index is 509. The zero-order chi connectivity index (χ0) is 12.3. The predicted molar refractivity (Wildman–Crippen MR) is 60.4 cm³/mol. The van der Waals surface area contributed by atoms with E-state index in [0.717, 1.165) is 0 Å². The Morgan fingerprint density at radius 2 is 2.06 bits per heavy atom. The minimum atomic E-state index is -3.57. The van der Waals surface area contributed by atoms with Crippen LogP contribution in [0.5, 0.6) is 0 Å². The van der Waals surface area contributed by atoms with Gasteiger partial charge < -0.3 is 0 Å². The molecule has 5 nitrogen and oxygen atoms in total. The topological polar surface area (TPSA) is 90.1 Å². The Labute approximate surface area is 94.7 Å². The number of hydrogen-bond acceptors (Lipinski definition) is 4. The number of nitrogens with zero attached hydrogens (tertiary/aromatic N) is 1. The van der Waals surface area contributed by atoms with E-state index in [2.05, 4.69) is 4.98 Å². The van der Waals surface area contributed by atoms with Crippen molar-refractivity contribution in [1.29, 1.82) is 0 Å². The molecule has 0 aliphatic heterocycles. The largest absolute Gasteiger partial charge is 0.293 e. The van der Waals surface area contributed by atoms with Crippen LogP contribution >= 0.6 is 0 Å². The summed E-state index contributed by atoms with van der Waals surface area (Å²) in [5, 5.41) is 4.97. The Morgan fingerprint density at radius 3 is 2.50 bits per heavy atom. The zero-order valence-corrected chi connectivity index (χ0v) is 10.0. The van der Waals surface area contributed by atoms with Crippen LogP contribution in [0.25, 0.3) is 0 Å². The number of primary sulfonamides is 1. The lowest BCUT2D eigenvalue weighted by molar-refractivity contribution is 0.101. The first-order valence-corrected chi connectivity index (χ1v) is 6.55. The van der Waals surface area contributed by atoms with Gasteiger partial charge in [-0.3, -0.25) is 4.79 Å². The number of rotatable bonds is 4. The zero-order valence-electron chi connectivity index (χ0n) is 9.23. The lowest BCUT2D eigenvalue weighted by atomic mass is 10.1. The third kappa shape index (κ3) is 3.39. The summed E-state index contributed by atoms with van der Waals surface area (Å²) in [5.41, 5.74) is 1.49. The molecule has 0 bridgehead atoms. The normalized spacial score (nSPS) is 11.4. The van der Waals surface area contributed by atoms with E-state index >= 15 is 0 Å². The molecule has 1 heterocycles. The number of carbonyl (C=O) groups is 1. The lowest BCUT2D eigenvalue weighted by Gasteiger charge is -2.07. The highest BCUT2D eigenvalue weighted by atomic mass is 32.2. The minimum absolute atomic E-state index is 0.142. The van der Waals surface area contributed by atoms with Crippen molar-refractivity contribution in [3.8, 4) is 0 Å². The van der Waals surface area contributed by atoms with E-state index in [1.54, 1.807) is 6.07 Å². The number of ketones is 1. The highest BCUT2D eigenvalue weighted by Gasteiger charge is 2.12. The van der Waals surface area contributed by atoms with Gasteiger partial charge in [0.1, 0.15) is 5.69 Å². The Balaban J connectivity index is 3.17. The maximum absolute atomic E-state index is 11.1. The molecule has 1 rings (SSSR count). The van der Waals surface area contributed by atoms with Gasteiger partial charge in [0, 0.05) is 12.6 Å². The van der Waals surface area contributed by atoms with Crippen LogP contribution in [0, 0.1) is 0 Å². The van der Waals surface area contributed by atoms with E-state index in [-0.39, 0.29) is 11.5 Å². The number of hydrogen-bond donors (Lipinski definition) is 1. The lowest BCUT2D eigenvalue weighted by Crippen LogP contribution is -2.16. The van der Waals surface area contributed by atoms with Crippen molar-refractivity contribution in [3.63, 3.8) is 0 Å². The fourth-order valence-corrected chi connectivity index (χ4v) is 2.08. The molecule has 0 saturated carbocycles. The predicted octanol–water partition coefficient (Wildman–Crippen LogP) is 0.635. The Morgan fingerprint density at radius 1 is 1.44 bits per heavy atom. The van der Waals surface area contributed by atoms with Gasteiger partial charge in [0.05, 0.1) is 5.75 Å². The quantitative estimate of drug-likeness (QED) is 0.784. The van der Waals surface area contributed by atoms with E-state index in [1.807, 2.05) is 6.92 Å². The fourth-order valence-electron chi connectivity index (χ4n) is 1.38. The van der Waals surface area contributed by atoms with Gasteiger partial charge in [-0.25, -0.2) is 18.5 Å². The second kappa shape index (κ2) is 4.71. The van der Waals surface area contributed by atoms with Crippen molar-refractivity contribution >= 4 is 15.8 Å². The summed E-state index contributed by atoms with van der Waals surface area (Å²) in [5.74, 6) is -0.390. The van der Waals surface area contributed by atoms with Crippen molar-refractivity contribution in [3.05, 3.63) is 29.1 Å². The van der Waals surface area contributed by atoms with Crippen LogP contribution in [-0.2, 0) is 22.2 Å². The van der Waals surface area contributed by atoms with Crippen molar-refractivity contribution in [2.75, 3.05) is 0 Å². The van der Waals surface area contributed by atoms with Crippen molar-refractivity contribution in [2.24, 2.45) is 5.14 Å². The first-order valence-electron chi connectivity index (χ1n) is 4.83. The molecule has 0 unspecified atom stereocenters. The molecule has 1 aromatic rings. The second-order valence-corrected chi connectivity index (χ2v) is 5.13. The van der Waals surface area contributed by atoms with Gasteiger partial charge in [0.2, 0.25) is 10.0 Å². The van der Waals surface area contributed by atoms with Crippen LogP contribution < -0.4 is 5.14 Å². The number of pyridine rings is 1. The average Bonchev–Trinajstić information content (AvgIpc) is 2.15. The van der Waals surface area contributed by atoms with Gasteiger partial charge in [-0.2, -0.15) is 0 Å². The smallest absolute Gasteiger partial charge is 0.213 e. The molecule has 0 amide bonds. The first-order chi connectivity index (χ1) is 7.33. The summed E-state index contributed by atoms with van der Waals surface area (Å²) >= 11 is 0. The van der Waals surface area contributed by atoms with Crippen molar-refractivity contribution in [1.82, 2.24) is 4.98 Å². The maximum Gasteiger partial charge on any atom is 0.213 e. The van der Waals surface area contributed by atoms with E-state index in [4.69, 9.17) is 5.14 Å². The summed E-state index contributed by atoms with van der Waals surface area (Å²) < 4.78 is 21.9. The van der Waals surface area contributed by atoms with Gasteiger partial charge in [0.15, 0.2) is 5.78 Å². The van der Waals surface area contributed by atoms with Crippen LogP contribution in [0.4, 0.5) is 0 Å². The first kappa shape index (κ1) is 12.8. The van der Waals surface area contributed by atoms with Gasteiger partial charge in [-0.15, -0.1) is 0 Å². The molecule has 1 aromatic heterocycles. The molecule has 0 atom stereocenters. The Kier molecular flexibility index (Phi) is 3.77. The highest BCUT2D eigenvalue weighted by molar-refractivity contribution is 7.88. The van der Waals surface area contributed by atoms with Crippen molar-refractivity contribution in [2.45, 2.75) is 26.0 Å². The molecular formula is C10H14N2O3S. The number of aromatic nitrogens is 1. The maximum atomic E-state index is 11.1. The second-order valence-electron chi connectivity index (χ2n) is 3.52. The third-order valence-corrected chi connectivity index (χ3v) is 2.83.